The van der Waals surface area contributed by atoms with Gasteiger partial charge < -0.3 is 0 Å². The summed E-state index contributed by atoms with van der Waals surface area (Å²) in [6, 6.07) is 4.52. The average molecular weight is 208 g/mol. The highest BCUT2D eigenvalue weighted by atomic mass is 32.2. The standard InChI is InChI=1S/C11H16N2S/c1-8(2)11-6-5-10(7-12-11)14-13-9(3)4/h5-7,9,13H,1H2,2-4H3. The third-order valence-corrected chi connectivity index (χ3v) is 2.65. The van der Waals surface area contributed by atoms with Crippen molar-refractivity contribution in [3.8, 4) is 0 Å². The molecular formula is C11H16N2S. The van der Waals surface area contributed by atoms with Gasteiger partial charge in [-0.2, -0.15) is 0 Å². The second-order valence-corrected chi connectivity index (χ2v) is 4.45. The van der Waals surface area contributed by atoms with Gasteiger partial charge in [0.25, 0.3) is 0 Å². The van der Waals surface area contributed by atoms with Gasteiger partial charge in [0.2, 0.25) is 0 Å². The molecule has 0 aliphatic carbocycles. The van der Waals surface area contributed by atoms with E-state index in [4.69, 9.17) is 0 Å². The molecule has 1 N–H and O–H groups in total. The van der Waals surface area contributed by atoms with Crippen LogP contribution >= 0.6 is 11.9 Å². The van der Waals surface area contributed by atoms with E-state index < -0.39 is 0 Å². The Labute approximate surface area is 90.0 Å². The average Bonchev–Trinajstić information content (AvgIpc) is 2.15. The highest BCUT2D eigenvalue weighted by molar-refractivity contribution is 7.97. The van der Waals surface area contributed by atoms with Crippen molar-refractivity contribution in [2.45, 2.75) is 31.7 Å². The molecule has 0 aliphatic heterocycles. The lowest BCUT2D eigenvalue weighted by Crippen LogP contribution is -2.13. The molecule has 76 valence electrons. The minimum atomic E-state index is 0.473. The number of hydrogen-bond acceptors (Lipinski definition) is 3. The molecule has 0 fully saturated rings. The van der Waals surface area contributed by atoms with Gasteiger partial charge in [-0.25, -0.2) is 0 Å². The second-order valence-electron chi connectivity index (χ2n) is 3.53. The fourth-order valence-electron chi connectivity index (χ4n) is 0.879. The van der Waals surface area contributed by atoms with Crippen molar-refractivity contribution in [1.29, 1.82) is 0 Å². The van der Waals surface area contributed by atoms with Crippen molar-refractivity contribution < 1.29 is 0 Å². The first-order chi connectivity index (χ1) is 6.59. The summed E-state index contributed by atoms with van der Waals surface area (Å²) in [5.41, 5.74) is 1.96. The molecule has 0 atom stereocenters. The summed E-state index contributed by atoms with van der Waals surface area (Å²) < 4.78 is 3.26. The van der Waals surface area contributed by atoms with Crippen LogP contribution in [0.4, 0.5) is 0 Å². The lowest BCUT2D eigenvalue weighted by molar-refractivity contribution is 0.770. The van der Waals surface area contributed by atoms with E-state index in [1.165, 1.54) is 0 Å². The van der Waals surface area contributed by atoms with E-state index in [1.807, 2.05) is 19.2 Å². The molecule has 0 saturated heterocycles. The van der Waals surface area contributed by atoms with Crippen LogP contribution in [0.15, 0.2) is 29.8 Å². The van der Waals surface area contributed by atoms with Crippen LogP contribution in [0.2, 0.25) is 0 Å². The van der Waals surface area contributed by atoms with Crippen LogP contribution in [0, 0.1) is 0 Å². The van der Waals surface area contributed by atoms with E-state index >= 15 is 0 Å². The van der Waals surface area contributed by atoms with E-state index in [2.05, 4.69) is 36.2 Å². The van der Waals surface area contributed by atoms with Crippen LogP contribution in [0.5, 0.6) is 0 Å². The molecule has 14 heavy (non-hydrogen) atoms. The van der Waals surface area contributed by atoms with Gasteiger partial charge in [-0.05, 0) is 50.4 Å². The number of rotatable bonds is 4. The molecule has 0 amide bonds. The van der Waals surface area contributed by atoms with Crippen molar-refractivity contribution >= 4 is 17.5 Å². The molecule has 0 saturated carbocycles. The predicted octanol–water partition coefficient (Wildman–Crippen LogP) is 3.12. The van der Waals surface area contributed by atoms with Crippen LogP contribution in [0.25, 0.3) is 5.57 Å². The lowest BCUT2D eigenvalue weighted by atomic mass is 10.2. The first-order valence-corrected chi connectivity index (χ1v) is 5.45. The zero-order chi connectivity index (χ0) is 10.6. The summed E-state index contributed by atoms with van der Waals surface area (Å²) in [7, 11) is 0. The second kappa shape index (κ2) is 5.17. The number of aromatic nitrogens is 1. The Morgan fingerprint density at radius 2 is 2.21 bits per heavy atom. The number of nitrogens with one attached hydrogen (secondary N) is 1. The van der Waals surface area contributed by atoms with E-state index in [0.717, 1.165) is 16.2 Å². The zero-order valence-electron chi connectivity index (χ0n) is 8.87. The number of pyridine rings is 1. The van der Waals surface area contributed by atoms with Gasteiger partial charge in [0.15, 0.2) is 0 Å². The van der Waals surface area contributed by atoms with E-state index in [9.17, 15) is 0 Å². The SMILES string of the molecule is C=C(C)c1ccc(SNC(C)C)cn1. The smallest absolute Gasteiger partial charge is 0.0653 e. The molecule has 0 aliphatic rings. The van der Waals surface area contributed by atoms with Gasteiger partial charge in [0.05, 0.1) is 5.69 Å². The topological polar surface area (TPSA) is 24.9 Å². The maximum atomic E-state index is 4.30. The summed E-state index contributed by atoms with van der Waals surface area (Å²) in [4.78, 5) is 5.42. The highest BCUT2D eigenvalue weighted by Gasteiger charge is 1.98. The zero-order valence-corrected chi connectivity index (χ0v) is 9.69. The molecule has 0 radical (unpaired) electrons. The quantitative estimate of drug-likeness (QED) is 0.770. The third-order valence-electron chi connectivity index (χ3n) is 1.59. The Morgan fingerprint density at radius 1 is 1.50 bits per heavy atom. The largest absolute Gasteiger partial charge is 0.257 e. The number of hydrogen-bond donors (Lipinski definition) is 1. The Morgan fingerprint density at radius 3 is 2.64 bits per heavy atom. The normalized spacial score (nSPS) is 10.6. The number of allylic oxidation sites excluding steroid dienone is 1. The van der Waals surface area contributed by atoms with E-state index in [1.54, 1.807) is 11.9 Å². The van der Waals surface area contributed by atoms with Crippen LogP contribution in [0.3, 0.4) is 0 Å². The summed E-state index contributed by atoms with van der Waals surface area (Å²) >= 11 is 1.61. The molecule has 1 aromatic rings. The van der Waals surface area contributed by atoms with Crippen LogP contribution in [-0.4, -0.2) is 11.0 Å². The van der Waals surface area contributed by atoms with Crippen molar-refractivity contribution in [2.24, 2.45) is 0 Å². The van der Waals surface area contributed by atoms with Crippen molar-refractivity contribution in [3.05, 3.63) is 30.6 Å². The van der Waals surface area contributed by atoms with Crippen molar-refractivity contribution in [3.63, 3.8) is 0 Å². The van der Waals surface area contributed by atoms with Crippen LogP contribution in [-0.2, 0) is 0 Å². The molecule has 0 unspecified atom stereocenters. The van der Waals surface area contributed by atoms with Gasteiger partial charge in [-0.1, -0.05) is 6.58 Å². The highest BCUT2D eigenvalue weighted by Crippen LogP contribution is 2.16. The predicted molar refractivity (Wildman–Crippen MR) is 63.1 cm³/mol. The summed E-state index contributed by atoms with van der Waals surface area (Å²) in [5.74, 6) is 0. The van der Waals surface area contributed by atoms with Crippen molar-refractivity contribution in [2.75, 3.05) is 0 Å². The molecule has 0 bridgehead atoms. The fourth-order valence-corrected chi connectivity index (χ4v) is 1.49. The molecular weight excluding hydrogens is 192 g/mol. The summed E-state index contributed by atoms with van der Waals surface area (Å²) in [5, 5.41) is 0. The third kappa shape index (κ3) is 3.52. The molecule has 0 aromatic carbocycles. The lowest BCUT2D eigenvalue weighted by Gasteiger charge is -2.06. The molecule has 3 heteroatoms. The maximum absolute atomic E-state index is 4.30. The minimum absolute atomic E-state index is 0.473. The Balaban J connectivity index is 2.60. The monoisotopic (exact) mass is 208 g/mol. The number of nitrogens with zero attached hydrogens (tertiary/aromatic N) is 1. The Kier molecular flexibility index (Phi) is 4.17. The first-order valence-electron chi connectivity index (χ1n) is 4.64. The van der Waals surface area contributed by atoms with Gasteiger partial charge in [0.1, 0.15) is 0 Å². The summed E-state index contributed by atoms with van der Waals surface area (Å²) in [6.45, 7) is 10.0. The molecule has 2 nitrogen and oxygen atoms in total. The van der Waals surface area contributed by atoms with Gasteiger partial charge in [0, 0.05) is 17.1 Å². The van der Waals surface area contributed by atoms with Crippen LogP contribution < -0.4 is 4.72 Å². The van der Waals surface area contributed by atoms with E-state index in [0.29, 0.717) is 6.04 Å². The fraction of sp³-hybridized carbons (Fsp3) is 0.364. The Bertz CT molecular complexity index is 304. The minimum Gasteiger partial charge on any atom is -0.257 e. The van der Waals surface area contributed by atoms with Gasteiger partial charge in [-0.15, -0.1) is 0 Å². The van der Waals surface area contributed by atoms with Gasteiger partial charge in [-0.3, -0.25) is 9.71 Å². The first kappa shape index (κ1) is 11.3. The molecule has 1 rings (SSSR count). The summed E-state index contributed by atoms with van der Waals surface area (Å²) in [6.07, 6.45) is 1.87. The molecule has 1 heterocycles. The van der Waals surface area contributed by atoms with E-state index in [-0.39, 0.29) is 0 Å². The van der Waals surface area contributed by atoms with Gasteiger partial charge >= 0.3 is 0 Å². The molecule has 1 aromatic heterocycles. The van der Waals surface area contributed by atoms with Crippen molar-refractivity contribution in [1.82, 2.24) is 9.71 Å². The van der Waals surface area contributed by atoms with Crippen LogP contribution in [0.1, 0.15) is 26.5 Å². The Hall–Kier alpha value is -0.800. The maximum Gasteiger partial charge on any atom is 0.0653 e. The molecule has 0 spiro atoms.